The molecule has 1 aromatic heterocycles. The zero-order chi connectivity index (χ0) is 14.5. The van der Waals surface area contributed by atoms with Crippen molar-refractivity contribution >= 4 is 23.5 Å². The lowest BCUT2D eigenvalue weighted by molar-refractivity contribution is 0.837. The van der Waals surface area contributed by atoms with Crippen LogP contribution in [0.1, 0.15) is 32.4 Å². The molecular formula is C14H18ClN5. The van der Waals surface area contributed by atoms with Gasteiger partial charge in [-0.1, -0.05) is 30.3 Å². The van der Waals surface area contributed by atoms with Crippen LogP contribution in [0.25, 0.3) is 0 Å². The van der Waals surface area contributed by atoms with E-state index < -0.39 is 0 Å². The van der Waals surface area contributed by atoms with E-state index in [4.69, 9.17) is 11.6 Å². The van der Waals surface area contributed by atoms with Crippen LogP contribution in [0.2, 0.25) is 5.28 Å². The monoisotopic (exact) mass is 291 g/mol. The molecule has 1 heterocycles. The molecule has 0 saturated carbocycles. The van der Waals surface area contributed by atoms with Crippen molar-refractivity contribution in [1.82, 2.24) is 15.0 Å². The number of benzene rings is 1. The van der Waals surface area contributed by atoms with Gasteiger partial charge in [-0.3, -0.25) is 0 Å². The number of halogens is 1. The van der Waals surface area contributed by atoms with E-state index in [1.54, 1.807) is 0 Å². The van der Waals surface area contributed by atoms with Crippen molar-refractivity contribution in [3.8, 4) is 0 Å². The molecule has 2 aromatic rings. The molecule has 1 atom stereocenters. The molecule has 5 nitrogen and oxygen atoms in total. The van der Waals surface area contributed by atoms with Gasteiger partial charge in [-0.05, 0) is 37.9 Å². The first-order chi connectivity index (χ1) is 9.54. The molecule has 0 aliphatic carbocycles. The molecule has 20 heavy (non-hydrogen) atoms. The van der Waals surface area contributed by atoms with Crippen LogP contribution in [0.4, 0.5) is 11.9 Å². The lowest BCUT2D eigenvalue weighted by Gasteiger charge is -2.15. The Labute approximate surface area is 123 Å². The second-order valence-electron chi connectivity index (χ2n) is 4.83. The molecule has 106 valence electrons. The summed E-state index contributed by atoms with van der Waals surface area (Å²) >= 11 is 5.92. The maximum Gasteiger partial charge on any atom is 0.229 e. The molecule has 1 aromatic carbocycles. The number of hydrogen-bond acceptors (Lipinski definition) is 5. The van der Waals surface area contributed by atoms with Crippen LogP contribution in [0.5, 0.6) is 0 Å². The van der Waals surface area contributed by atoms with E-state index in [2.05, 4.69) is 25.6 Å². The standard InChI is InChI=1S/C14H18ClN5/c1-9(2)16-13-18-12(15)19-14(20-13)17-10(3)11-7-5-4-6-8-11/h4-10H,1-3H3,(H2,16,17,18,19,20)/t10-/m1/s1. The molecule has 0 aliphatic rings. The lowest BCUT2D eigenvalue weighted by Crippen LogP contribution is -2.15. The molecule has 0 radical (unpaired) electrons. The van der Waals surface area contributed by atoms with Gasteiger partial charge in [-0.25, -0.2) is 0 Å². The predicted molar refractivity (Wildman–Crippen MR) is 82.1 cm³/mol. The molecule has 2 N–H and O–H groups in total. The maximum absolute atomic E-state index is 5.92. The van der Waals surface area contributed by atoms with Gasteiger partial charge in [0.25, 0.3) is 0 Å². The first-order valence-electron chi connectivity index (χ1n) is 6.54. The fourth-order valence-corrected chi connectivity index (χ4v) is 1.92. The lowest BCUT2D eigenvalue weighted by atomic mass is 10.1. The zero-order valence-electron chi connectivity index (χ0n) is 11.8. The highest BCUT2D eigenvalue weighted by molar-refractivity contribution is 6.28. The summed E-state index contributed by atoms with van der Waals surface area (Å²) in [7, 11) is 0. The Bertz CT molecular complexity index is 559. The normalized spacial score (nSPS) is 12.2. The SMILES string of the molecule is CC(C)Nc1nc(Cl)nc(N[C@H](C)c2ccccc2)n1. The van der Waals surface area contributed by atoms with Gasteiger partial charge in [0.1, 0.15) is 0 Å². The maximum atomic E-state index is 5.92. The van der Waals surface area contributed by atoms with Crippen LogP contribution in [0, 0.1) is 0 Å². The van der Waals surface area contributed by atoms with E-state index in [1.165, 1.54) is 0 Å². The molecule has 0 amide bonds. The van der Waals surface area contributed by atoms with Gasteiger partial charge in [0.05, 0.1) is 6.04 Å². The Morgan fingerprint density at radius 2 is 1.50 bits per heavy atom. The quantitative estimate of drug-likeness (QED) is 0.882. The van der Waals surface area contributed by atoms with Crippen LogP contribution < -0.4 is 10.6 Å². The third-order valence-corrected chi connectivity index (χ3v) is 2.84. The fourth-order valence-electron chi connectivity index (χ4n) is 1.76. The Morgan fingerprint density at radius 1 is 0.900 bits per heavy atom. The summed E-state index contributed by atoms with van der Waals surface area (Å²) in [5.41, 5.74) is 1.16. The summed E-state index contributed by atoms with van der Waals surface area (Å²) in [6, 6.07) is 10.4. The van der Waals surface area contributed by atoms with E-state index in [0.29, 0.717) is 11.9 Å². The minimum atomic E-state index is 0.0848. The van der Waals surface area contributed by atoms with Crippen LogP contribution in [0.3, 0.4) is 0 Å². The third kappa shape index (κ3) is 4.06. The van der Waals surface area contributed by atoms with Crippen LogP contribution in [-0.4, -0.2) is 21.0 Å². The van der Waals surface area contributed by atoms with Gasteiger partial charge in [0.2, 0.25) is 17.2 Å². The van der Waals surface area contributed by atoms with E-state index in [0.717, 1.165) is 5.56 Å². The van der Waals surface area contributed by atoms with E-state index in [1.807, 2.05) is 51.1 Å². The number of anilines is 2. The van der Waals surface area contributed by atoms with Crippen molar-refractivity contribution in [2.75, 3.05) is 10.6 Å². The highest BCUT2D eigenvalue weighted by Crippen LogP contribution is 2.18. The van der Waals surface area contributed by atoms with Gasteiger partial charge < -0.3 is 10.6 Å². The number of aromatic nitrogens is 3. The van der Waals surface area contributed by atoms with Gasteiger partial charge >= 0.3 is 0 Å². The summed E-state index contributed by atoms with van der Waals surface area (Å²) in [6.45, 7) is 6.07. The van der Waals surface area contributed by atoms with Crippen LogP contribution in [0.15, 0.2) is 30.3 Å². The molecule has 2 rings (SSSR count). The number of nitrogens with zero attached hydrogens (tertiary/aromatic N) is 3. The first kappa shape index (κ1) is 14.5. The predicted octanol–water partition coefficient (Wildman–Crippen LogP) is 3.52. The highest BCUT2D eigenvalue weighted by atomic mass is 35.5. The van der Waals surface area contributed by atoms with E-state index in [-0.39, 0.29) is 17.4 Å². The van der Waals surface area contributed by atoms with Gasteiger partial charge in [0, 0.05) is 6.04 Å². The zero-order valence-corrected chi connectivity index (χ0v) is 12.5. The highest BCUT2D eigenvalue weighted by Gasteiger charge is 2.10. The molecule has 0 saturated heterocycles. The summed E-state index contributed by atoms with van der Waals surface area (Å²) < 4.78 is 0. The number of hydrogen-bond donors (Lipinski definition) is 2. The second-order valence-corrected chi connectivity index (χ2v) is 5.17. The first-order valence-corrected chi connectivity index (χ1v) is 6.92. The molecule has 6 heteroatoms. The molecule has 0 unspecified atom stereocenters. The minimum absolute atomic E-state index is 0.0848. The van der Waals surface area contributed by atoms with Crippen molar-refractivity contribution in [3.63, 3.8) is 0 Å². The van der Waals surface area contributed by atoms with Crippen molar-refractivity contribution in [2.45, 2.75) is 32.9 Å². The summed E-state index contributed by atoms with van der Waals surface area (Å²) in [4.78, 5) is 12.5. The van der Waals surface area contributed by atoms with Crippen molar-refractivity contribution in [1.29, 1.82) is 0 Å². The molecule has 0 spiro atoms. The Balaban J connectivity index is 2.14. The topological polar surface area (TPSA) is 62.7 Å². The van der Waals surface area contributed by atoms with Crippen LogP contribution >= 0.6 is 11.6 Å². The third-order valence-electron chi connectivity index (χ3n) is 2.67. The number of rotatable bonds is 5. The molecule has 0 fully saturated rings. The van der Waals surface area contributed by atoms with Gasteiger partial charge in [-0.2, -0.15) is 15.0 Å². The summed E-state index contributed by atoms with van der Waals surface area (Å²) in [5, 5.41) is 6.51. The average molecular weight is 292 g/mol. The molecular weight excluding hydrogens is 274 g/mol. The average Bonchev–Trinajstić information content (AvgIpc) is 2.38. The summed E-state index contributed by atoms with van der Waals surface area (Å²) in [6.07, 6.45) is 0. The Morgan fingerprint density at radius 3 is 2.10 bits per heavy atom. The molecule has 0 bridgehead atoms. The van der Waals surface area contributed by atoms with Crippen molar-refractivity contribution < 1.29 is 0 Å². The van der Waals surface area contributed by atoms with Crippen molar-refractivity contribution in [2.24, 2.45) is 0 Å². The van der Waals surface area contributed by atoms with Crippen molar-refractivity contribution in [3.05, 3.63) is 41.2 Å². The van der Waals surface area contributed by atoms with Gasteiger partial charge in [-0.15, -0.1) is 0 Å². The summed E-state index contributed by atoms with van der Waals surface area (Å²) in [5.74, 6) is 0.937. The van der Waals surface area contributed by atoms with Gasteiger partial charge in [0.15, 0.2) is 0 Å². The Kier molecular flexibility index (Phi) is 4.74. The van der Waals surface area contributed by atoms with E-state index in [9.17, 15) is 0 Å². The number of nitrogens with one attached hydrogen (secondary N) is 2. The second kappa shape index (κ2) is 6.52. The smallest absolute Gasteiger partial charge is 0.229 e. The Hall–Kier alpha value is -1.88. The molecule has 0 aliphatic heterocycles. The van der Waals surface area contributed by atoms with Crippen LogP contribution in [-0.2, 0) is 0 Å². The fraction of sp³-hybridized carbons (Fsp3) is 0.357. The minimum Gasteiger partial charge on any atom is -0.352 e. The van der Waals surface area contributed by atoms with E-state index >= 15 is 0 Å². The largest absolute Gasteiger partial charge is 0.352 e.